The molecule has 2 atom stereocenters. The van der Waals surface area contributed by atoms with Crippen LogP contribution in [0.4, 0.5) is 18.0 Å². The number of carbonyl (C=O) groups is 6. The van der Waals surface area contributed by atoms with Gasteiger partial charge in [0.05, 0.1) is 17.9 Å². The number of aromatic nitrogens is 2. The van der Waals surface area contributed by atoms with E-state index in [1.54, 1.807) is 6.92 Å². The lowest BCUT2D eigenvalue weighted by atomic mass is 9.93. The number of likely N-dealkylation sites (tertiary alicyclic amines) is 1. The lowest BCUT2D eigenvalue weighted by Gasteiger charge is -2.35. The Morgan fingerprint density at radius 2 is 1.64 bits per heavy atom. The molecule has 0 unspecified atom stereocenters. The molecule has 1 aromatic carbocycles. The highest BCUT2D eigenvalue weighted by Crippen LogP contribution is 2.30. The normalized spacial score (nSPS) is 18.2. The number of carbonyl (C=O) groups excluding carboxylic acids is 5. The minimum Gasteiger partial charge on any atom is -0.481 e. The quantitative estimate of drug-likeness (QED) is 0.274. The van der Waals surface area contributed by atoms with E-state index in [0.717, 1.165) is 54.3 Å². The highest BCUT2D eigenvalue weighted by Gasteiger charge is 2.37. The number of ether oxygens (including phenoxy) is 2. The standard InChI is InChI=1S/C34H42F3N7O9/c1-2-52-33(51)42-17-15-41(16-18-42)32(50)24(12-13-29(46)47)39-30(48)25-19-28(44(40-25)23-10-8-21(9-11-23)34(35,36)37)53-20-27(45)43-14-4-7-26(43)31(49)38-22-5-3-6-22/h8-11,19,22,24,26H,2-7,12-18,20H2,1H3,(H,38,49)(H,39,48)(H,46,47)/t24-,26-/m0/s1. The van der Waals surface area contributed by atoms with Gasteiger partial charge in [-0.3, -0.25) is 24.0 Å². The topological polar surface area (TPSA) is 193 Å². The molecule has 5 amide bonds. The Labute approximate surface area is 302 Å². The van der Waals surface area contributed by atoms with Crippen molar-refractivity contribution in [3.8, 4) is 11.6 Å². The second-order valence-corrected chi connectivity index (χ2v) is 13.0. The Hall–Kier alpha value is -5.36. The van der Waals surface area contributed by atoms with Crippen LogP contribution in [0.3, 0.4) is 0 Å². The average molecular weight is 750 g/mol. The molecule has 3 N–H and O–H groups in total. The number of benzene rings is 1. The van der Waals surface area contributed by atoms with E-state index in [1.807, 2.05) is 0 Å². The third-order valence-corrected chi connectivity index (χ3v) is 9.39. The molecule has 3 heterocycles. The zero-order valence-corrected chi connectivity index (χ0v) is 29.1. The van der Waals surface area contributed by atoms with Crippen molar-refractivity contribution < 1.29 is 56.5 Å². The molecule has 1 aromatic heterocycles. The summed E-state index contributed by atoms with van der Waals surface area (Å²) in [5.74, 6) is -3.69. The van der Waals surface area contributed by atoms with Crippen molar-refractivity contribution in [3.63, 3.8) is 0 Å². The van der Waals surface area contributed by atoms with Crippen LogP contribution in [0.25, 0.3) is 5.69 Å². The van der Waals surface area contributed by atoms with Crippen molar-refractivity contribution in [1.29, 1.82) is 0 Å². The number of alkyl halides is 3. The lowest BCUT2D eigenvalue weighted by Crippen LogP contribution is -2.56. The Morgan fingerprint density at radius 3 is 2.25 bits per heavy atom. The van der Waals surface area contributed by atoms with Crippen molar-refractivity contribution >= 4 is 35.7 Å². The van der Waals surface area contributed by atoms with Crippen LogP contribution in [0.5, 0.6) is 5.88 Å². The predicted octanol–water partition coefficient (Wildman–Crippen LogP) is 2.19. The first kappa shape index (κ1) is 38.9. The first-order valence-corrected chi connectivity index (χ1v) is 17.5. The molecule has 2 aromatic rings. The number of nitrogens with one attached hydrogen (secondary N) is 2. The highest BCUT2D eigenvalue weighted by atomic mass is 19.4. The smallest absolute Gasteiger partial charge is 0.416 e. The molecular formula is C34H42F3N7O9. The molecule has 53 heavy (non-hydrogen) atoms. The van der Waals surface area contributed by atoms with Crippen molar-refractivity contribution in [2.75, 3.05) is 45.9 Å². The van der Waals surface area contributed by atoms with Gasteiger partial charge in [-0.25, -0.2) is 9.48 Å². The second-order valence-electron chi connectivity index (χ2n) is 13.0. The van der Waals surface area contributed by atoms with Gasteiger partial charge in [0, 0.05) is 51.3 Å². The Morgan fingerprint density at radius 1 is 0.962 bits per heavy atom. The molecule has 1 aliphatic carbocycles. The maximum absolute atomic E-state index is 13.6. The Bertz CT molecular complexity index is 1670. The number of aliphatic carboxylic acids is 1. The van der Waals surface area contributed by atoms with Gasteiger partial charge in [0.25, 0.3) is 11.8 Å². The van der Waals surface area contributed by atoms with Crippen molar-refractivity contribution in [1.82, 2.24) is 35.1 Å². The Balaban J connectivity index is 1.33. The van der Waals surface area contributed by atoms with Crippen molar-refractivity contribution in [2.45, 2.75) is 76.2 Å². The van der Waals surface area contributed by atoms with Crippen LogP contribution in [0.15, 0.2) is 30.3 Å². The van der Waals surface area contributed by atoms with E-state index >= 15 is 0 Å². The number of amides is 5. The summed E-state index contributed by atoms with van der Waals surface area (Å²) in [5.41, 5.74) is -1.23. The highest BCUT2D eigenvalue weighted by molar-refractivity contribution is 5.96. The van der Waals surface area contributed by atoms with Crippen LogP contribution in [0.2, 0.25) is 0 Å². The molecule has 5 rings (SSSR count). The van der Waals surface area contributed by atoms with Crippen LogP contribution in [-0.2, 0) is 30.1 Å². The minimum atomic E-state index is -4.63. The van der Waals surface area contributed by atoms with E-state index in [-0.39, 0.29) is 68.4 Å². The van der Waals surface area contributed by atoms with Gasteiger partial charge in [-0.05, 0) is 69.7 Å². The van der Waals surface area contributed by atoms with Crippen LogP contribution in [-0.4, -0.2) is 129 Å². The summed E-state index contributed by atoms with van der Waals surface area (Å²) < 4.78 is 51.7. The number of nitrogens with zero attached hydrogens (tertiary/aromatic N) is 5. The maximum Gasteiger partial charge on any atom is 0.416 e. The molecule has 0 spiro atoms. The fourth-order valence-corrected chi connectivity index (χ4v) is 6.26. The number of carboxylic acid groups (broad SMARTS) is 1. The first-order chi connectivity index (χ1) is 25.2. The summed E-state index contributed by atoms with van der Waals surface area (Å²) in [7, 11) is 0. The summed E-state index contributed by atoms with van der Waals surface area (Å²) in [5, 5.41) is 19.0. The summed E-state index contributed by atoms with van der Waals surface area (Å²) in [6, 6.07) is 3.05. The molecule has 2 saturated heterocycles. The predicted molar refractivity (Wildman–Crippen MR) is 178 cm³/mol. The summed E-state index contributed by atoms with van der Waals surface area (Å²) in [6.07, 6.45) is -2.05. The van der Waals surface area contributed by atoms with E-state index in [1.165, 1.54) is 14.7 Å². The molecule has 3 aliphatic rings. The minimum absolute atomic E-state index is 0.0522. The summed E-state index contributed by atoms with van der Waals surface area (Å²) >= 11 is 0. The van der Waals surface area contributed by atoms with E-state index in [0.29, 0.717) is 19.4 Å². The molecule has 3 fully saturated rings. The summed E-state index contributed by atoms with van der Waals surface area (Å²) in [4.78, 5) is 81.0. The zero-order valence-electron chi connectivity index (χ0n) is 29.1. The van der Waals surface area contributed by atoms with E-state index in [9.17, 15) is 47.0 Å². The van der Waals surface area contributed by atoms with Crippen LogP contribution in [0, 0.1) is 0 Å². The number of piperazine rings is 1. The van der Waals surface area contributed by atoms with Gasteiger partial charge in [0.1, 0.15) is 12.1 Å². The third-order valence-electron chi connectivity index (χ3n) is 9.39. The van der Waals surface area contributed by atoms with Crippen LogP contribution < -0.4 is 15.4 Å². The Kier molecular flexibility index (Phi) is 12.5. The maximum atomic E-state index is 13.6. The van der Waals surface area contributed by atoms with E-state index in [4.69, 9.17) is 9.47 Å². The zero-order chi connectivity index (χ0) is 38.3. The number of halogens is 3. The van der Waals surface area contributed by atoms with Gasteiger partial charge in [0.15, 0.2) is 12.3 Å². The van der Waals surface area contributed by atoms with Crippen molar-refractivity contribution in [2.24, 2.45) is 0 Å². The van der Waals surface area contributed by atoms with Gasteiger partial charge in [-0.2, -0.15) is 18.3 Å². The van der Waals surface area contributed by atoms with Crippen LogP contribution in [0.1, 0.15) is 67.9 Å². The SMILES string of the molecule is CCOC(=O)N1CCN(C(=O)[C@H](CCC(=O)O)NC(=O)c2cc(OCC(=O)N3CCC[C@H]3C(=O)NC3CCC3)n(-c3ccc(C(F)(F)F)cc3)n2)CC1. The van der Waals surface area contributed by atoms with Crippen LogP contribution >= 0.6 is 0 Å². The van der Waals surface area contributed by atoms with E-state index in [2.05, 4.69) is 15.7 Å². The average Bonchev–Trinajstić information content (AvgIpc) is 3.78. The molecule has 19 heteroatoms. The molecule has 0 radical (unpaired) electrons. The molecule has 16 nitrogen and oxygen atoms in total. The molecule has 288 valence electrons. The molecule has 1 saturated carbocycles. The van der Waals surface area contributed by atoms with Gasteiger partial charge in [-0.15, -0.1) is 0 Å². The summed E-state index contributed by atoms with van der Waals surface area (Å²) in [6.45, 7) is 2.10. The number of carboxylic acids is 1. The van der Waals surface area contributed by atoms with Gasteiger partial charge in [0.2, 0.25) is 17.7 Å². The molecular weight excluding hydrogens is 707 g/mol. The van der Waals surface area contributed by atoms with Gasteiger partial charge >= 0.3 is 18.2 Å². The van der Waals surface area contributed by atoms with Gasteiger partial charge in [-0.1, -0.05) is 0 Å². The van der Waals surface area contributed by atoms with Crippen molar-refractivity contribution in [3.05, 3.63) is 41.6 Å². The monoisotopic (exact) mass is 749 g/mol. The molecule has 2 aliphatic heterocycles. The fraction of sp³-hybridized carbons (Fsp3) is 0.559. The first-order valence-electron chi connectivity index (χ1n) is 17.5. The number of hydrogen-bond donors (Lipinski definition) is 3. The second kappa shape index (κ2) is 17.0. The fourth-order valence-electron chi connectivity index (χ4n) is 6.26. The lowest BCUT2D eigenvalue weighted by molar-refractivity contribution is -0.140. The number of rotatable bonds is 13. The number of hydrogen-bond acceptors (Lipinski definition) is 9. The van der Waals surface area contributed by atoms with E-state index < -0.39 is 66.6 Å². The molecule has 0 bridgehead atoms. The largest absolute Gasteiger partial charge is 0.481 e. The van der Waals surface area contributed by atoms with Gasteiger partial charge < -0.3 is 39.9 Å². The third kappa shape index (κ3) is 9.75.